The first-order valence-electron chi connectivity index (χ1n) is 4.59. The lowest BCUT2D eigenvalue weighted by molar-refractivity contribution is -0.227. The third kappa shape index (κ3) is 5.46. The number of ether oxygens (including phenoxy) is 2. The Bertz CT molecular complexity index is 151. The summed E-state index contributed by atoms with van der Waals surface area (Å²) in [7, 11) is 0. The first-order chi connectivity index (χ1) is 6.47. The van der Waals surface area contributed by atoms with Gasteiger partial charge in [-0.2, -0.15) is 0 Å². The molecule has 0 aromatic carbocycles. The fourth-order valence-corrected chi connectivity index (χ4v) is 1.96. The molecule has 3 nitrogen and oxygen atoms in total. The zero-order chi connectivity index (χ0) is 11.2. The van der Waals surface area contributed by atoms with Crippen molar-refractivity contribution < 1.29 is 14.6 Å². The summed E-state index contributed by atoms with van der Waals surface area (Å²) in [5, 5.41) is 9.25. The van der Waals surface area contributed by atoms with Crippen LogP contribution in [0.15, 0.2) is 0 Å². The average molecular weight is 240 g/mol. The van der Waals surface area contributed by atoms with Crippen molar-refractivity contribution in [3.8, 4) is 0 Å². The van der Waals surface area contributed by atoms with Gasteiger partial charge in [-0.05, 0) is 32.8 Å². The summed E-state index contributed by atoms with van der Waals surface area (Å²) >= 11 is 3.23. The Balaban J connectivity index is 3.96. The molecule has 0 amide bonds. The van der Waals surface area contributed by atoms with Crippen LogP contribution >= 0.6 is 23.5 Å². The molecule has 0 aliphatic heterocycles. The van der Waals surface area contributed by atoms with E-state index < -0.39 is 12.6 Å². The molecule has 0 radical (unpaired) electrons. The third-order valence-corrected chi connectivity index (χ3v) is 4.50. The van der Waals surface area contributed by atoms with E-state index in [1.54, 1.807) is 30.4 Å². The van der Waals surface area contributed by atoms with Crippen molar-refractivity contribution in [2.75, 3.05) is 12.5 Å². The minimum Gasteiger partial charge on any atom is -0.368 e. The van der Waals surface area contributed by atoms with E-state index >= 15 is 0 Å². The van der Waals surface area contributed by atoms with Gasteiger partial charge in [0.1, 0.15) is 0 Å². The molecule has 0 saturated heterocycles. The van der Waals surface area contributed by atoms with Gasteiger partial charge in [-0.15, -0.1) is 23.5 Å². The molecule has 0 bridgehead atoms. The highest BCUT2D eigenvalue weighted by molar-refractivity contribution is 8.17. The molecule has 0 fully saturated rings. The maximum atomic E-state index is 9.25. The maximum Gasteiger partial charge on any atom is 0.160 e. The molecule has 0 aromatic rings. The predicted molar refractivity (Wildman–Crippen MR) is 63.4 cm³/mol. The maximum absolute atomic E-state index is 9.25. The SMILES string of the molecule is CCC(O)OC(C)OC(C)(SC)SC. The molecule has 86 valence electrons. The summed E-state index contributed by atoms with van der Waals surface area (Å²) in [6.45, 7) is 5.64. The summed E-state index contributed by atoms with van der Waals surface area (Å²) in [5.41, 5.74) is 0. The van der Waals surface area contributed by atoms with Gasteiger partial charge in [-0.25, -0.2) is 0 Å². The average Bonchev–Trinajstić information content (AvgIpc) is 2.17. The van der Waals surface area contributed by atoms with Gasteiger partial charge < -0.3 is 14.6 Å². The van der Waals surface area contributed by atoms with Crippen LogP contribution in [0, 0.1) is 0 Å². The van der Waals surface area contributed by atoms with Gasteiger partial charge in [0.25, 0.3) is 0 Å². The second kappa shape index (κ2) is 6.95. The van der Waals surface area contributed by atoms with Gasteiger partial charge in [0.2, 0.25) is 0 Å². The Kier molecular flexibility index (Phi) is 7.24. The molecule has 5 heteroatoms. The lowest BCUT2D eigenvalue weighted by Gasteiger charge is -2.30. The van der Waals surface area contributed by atoms with E-state index in [0.717, 1.165) is 0 Å². The molecule has 0 heterocycles. The van der Waals surface area contributed by atoms with Crippen molar-refractivity contribution in [3.63, 3.8) is 0 Å². The number of hydrogen-bond acceptors (Lipinski definition) is 5. The second-order valence-electron chi connectivity index (χ2n) is 2.96. The standard InChI is InChI=1S/C9H20O3S2/c1-6-8(10)11-7(2)12-9(3,13-4)14-5/h7-8,10H,6H2,1-5H3. The molecular formula is C9H20O3S2. The van der Waals surface area contributed by atoms with Crippen LogP contribution < -0.4 is 0 Å². The highest BCUT2D eigenvalue weighted by Crippen LogP contribution is 2.35. The van der Waals surface area contributed by atoms with Crippen molar-refractivity contribution in [1.29, 1.82) is 0 Å². The molecule has 0 aliphatic rings. The quantitative estimate of drug-likeness (QED) is 0.692. The van der Waals surface area contributed by atoms with Gasteiger partial charge >= 0.3 is 0 Å². The van der Waals surface area contributed by atoms with Crippen molar-refractivity contribution in [1.82, 2.24) is 0 Å². The molecule has 0 spiro atoms. The lowest BCUT2D eigenvalue weighted by atomic mass is 10.5. The van der Waals surface area contributed by atoms with Crippen molar-refractivity contribution >= 4 is 23.5 Å². The number of rotatable bonds is 7. The van der Waals surface area contributed by atoms with Crippen LogP contribution in [0.25, 0.3) is 0 Å². The fourth-order valence-electron chi connectivity index (χ4n) is 0.826. The van der Waals surface area contributed by atoms with Crippen molar-refractivity contribution in [2.45, 2.75) is 44.0 Å². The highest BCUT2D eigenvalue weighted by atomic mass is 32.2. The first kappa shape index (κ1) is 14.6. The molecule has 0 rings (SSSR count). The summed E-state index contributed by atoms with van der Waals surface area (Å²) in [6, 6.07) is 0. The predicted octanol–water partition coefficient (Wildman–Crippen LogP) is 2.49. The third-order valence-electron chi connectivity index (χ3n) is 1.82. The number of thioether (sulfide) groups is 2. The molecule has 14 heavy (non-hydrogen) atoms. The van der Waals surface area contributed by atoms with Gasteiger partial charge in [0.15, 0.2) is 16.8 Å². The van der Waals surface area contributed by atoms with Gasteiger partial charge in [-0.3, -0.25) is 0 Å². The molecule has 2 atom stereocenters. The number of hydrogen-bond donors (Lipinski definition) is 1. The van der Waals surface area contributed by atoms with Gasteiger partial charge in [-0.1, -0.05) is 6.92 Å². The first-order valence-corrected chi connectivity index (χ1v) is 7.04. The molecule has 0 aromatic heterocycles. The number of aliphatic hydroxyl groups is 1. The van der Waals surface area contributed by atoms with E-state index in [2.05, 4.69) is 0 Å². The van der Waals surface area contributed by atoms with E-state index in [-0.39, 0.29) is 4.27 Å². The molecular weight excluding hydrogens is 220 g/mol. The Hall–Kier alpha value is 0.580. The molecule has 1 N–H and O–H groups in total. The zero-order valence-electron chi connectivity index (χ0n) is 9.44. The van der Waals surface area contributed by atoms with Crippen LogP contribution in [0.5, 0.6) is 0 Å². The summed E-state index contributed by atoms with van der Waals surface area (Å²) in [5.74, 6) is 0. The highest BCUT2D eigenvalue weighted by Gasteiger charge is 2.26. The van der Waals surface area contributed by atoms with Crippen LogP contribution in [0.2, 0.25) is 0 Å². The monoisotopic (exact) mass is 240 g/mol. The van der Waals surface area contributed by atoms with Crippen LogP contribution in [0.3, 0.4) is 0 Å². The smallest absolute Gasteiger partial charge is 0.160 e. The number of aliphatic hydroxyl groups excluding tert-OH is 1. The zero-order valence-corrected chi connectivity index (χ0v) is 11.1. The van der Waals surface area contributed by atoms with Crippen LogP contribution in [-0.2, 0) is 9.47 Å². The van der Waals surface area contributed by atoms with Crippen LogP contribution in [-0.4, -0.2) is 34.5 Å². The Labute approximate surface area is 94.9 Å². The fraction of sp³-hybridized carbons (Fsp3) is 1.00. The minimum absolute atomic E-state index is 0.313. The lowest BCUT2D eigenvalue weighted by Crippen LogP contribution is -2.30. The van der Waals surface area contributed by atoms with E-state index in [9.17, 15) is 5.11 Å². The Morgan fingerprint density at radius 2 is 1.86 bits per heavy atom. The van der Waals surface area contributed by atoms with Gasteiger partial charge in [0.05, 0.1) is 0 Å². The molecule has 2 unspecified atom stereocenters. The molecule has 0 saturated carbocycles. The van der Waals surface area contributed by atoms with E-state index in [1.807, 2.05) is 26.4 Å². The van der Waals surface area contributed by atoms with E-state index in [0.29, 0.717) is 6.42 Å². The second-order valence-corrected chi connectivity index (χ2v) is 5.59. The summed E-state index contributed by atoms with van der Waals surface area (Å²) in [6.07, 6.45) is 3.41. The van der Waals surface area contributed by atoms with Crippen LogP contribution in [0.1, 0.15) is 27.2 Å². The van der Waals surface area contributed by atoms with Crippen molar-refractivity contribution in [2.24, 2.45) is 0 Å². The minimum atomic E-state index is -0.738. The topological polar surface area (TPSA) is 38.7 Å². The van der Waals surface area contributed by atoms with E-state index in [4.69, 9.17) is 9.47 Å². The van der Waals surface area contributed by atoms with Crippen molar-refractivity contribution in [3.05, 3.63) is 0 Å². The Morgan fingerprint density at radius 1 is 1.36 bits per heavy atom. The van der Waals surface area contributed by atoms with E-state index in [1.165, 1.54) is 0 Å². The van der Waals surface area contributed by atoms with Gasteiger partial charge in [0, 0.05) is 0 Å². The normalized spacial score (nSPS) is 16.7. The largest absolute Gasteiger partial charge is 0.368 e. The summed E-state index contributed by atoms with van der Waals surface area (Å²) < 4.78 is 10.5. The molecule has 0 aliphatic carbocycles. The summed E-state index contributed by atoms with van der Waals surface area (Å²) in [4.78, 5) is 0. The van der Waals surface area contributed by atoms with Crippen LogP contribution in [0.4, 0.5) is 0 Å². The Morgan fingerprint density at radius 3 is 2.21 bits per heavy atom.